The van der Waals surface area contributed by atoms with Crippen LogP contribution >= 0.6 is 5.69 Å². The van der Waals surface area contributed by atoms with Crippen LogP contribution in [0.5, 0.6) is 11.5 Å². The SMILES string of the molecule is COc1ccc(C(OC[C@H]2O[C@@H](n3cnc4c(NC(=O)c5ccccc5)ncnc43)C[C@@H]2OP(=S)([S-])OCCC#N)(c2ccccc2)c2ccc(OC)cc2)cc1. The first-order valence-corrected chi connectivity index (χ1v) is 21.6. The summed E-state index contributed by atoms with van der Waals surface area (Å²) in [5.74, 6) is 1.29. The van der Waals surface area contributed by atoms with Gasteiger partial charge >= 0.3 is 0 Å². The Hall–Kier alpha value is -5.17. The van der Waals surface area contributed by atoms with Crippen molar-refractivity contribution in [2.24, 2.45) is 0 Å². The molecule has 1 saturated heterocycles. The van der Waals surface area contributed by atoms with Crippen LogP contribution in [-0.4, -0.2) is 65.1 Å². The number of rotatable bonds is 16. The number of ether oxygens (including phenoxy) is 4. The molecule has 1 N–H and O–H groups in total. The molecule has 7 rings (SSSR count). The van der Waals surface area contributed by atoms with Gasteiger partial charge in [0.2, 0.25) is 0 Å². The van der Waals surface area contributed by atoms with Gasteiger partial charge in [-0.15, -0.1) is 0 Å². The number of carbonyl (C=O) groups excluding carboxylic acids is 1. The van der Waals surface area contributed by atoms with E-state index in [1.807, 2.05) is 91.0 Å². The number of hydrogen-bond donors (Lipinski definition) is 1. The van der Waals surface area contributed by atoms with Gasteiger partial charge in [0.25, 0.3) is 5.91 Å². The second-order valence-electron chi connectivity index (χ2n) is 12.9. The van der Waals surface area contributed by atoms with Gasteiger partial charge in [0.15, 0.2) is 17.0 Å². The first kappa shape index (κ1) is 40.0. The summed E-state index contributed by atoms with van der Waals surface area (Å²) in [5, 5.41) is 12.0. The van der Waals surface area contributed by atoms with E-state index >= 15 is 0 Å². The lowest BCUT2D eigenvalue weighted by Gasteiger charge is -2.38. The number of amides is 1. The minimum absolute atomic E-state index is 0.0109. The predicted molar refractivity (Wildman–Crippen MR) is 219 cm³/mol. The third kappa shape index (κ3) is 8.88. The molecule has 16 heteroatoms. The molecule has 0 aliphatic carbocycles. The van der Waals surface area contributed by atoms with Gasteiger partial charge in [-0.05, 0) is 53.1 Å². The van der Waals surface area contributed by atoms with E-state index in [0.29, 0.717) is 28.2 Å². The Morgan fingerprint density at radius 1 is 0.930 bits per heavy atom. The third-order valence-corrected chi connectivity index (χ3v) is 11.7. The Morgan fingerprint density at radius 3 is 2.16 bits per heavy atom. The van der Waals surface area contributed by atoms with Crippen molar-refractivity contribution in [2.75, 3.05) is 32.8 Å². The van der Waals surface area contributed by atoms with E-state index in [2.05, 4.69) is 20.3 Å². The predicted octanol–water partition coefficient (Wildman–Crippen LogP) is 7.48. The number of anilines is 1. The number of nitrogens with zero attached hydrogens (tertiary/aromatic N) is 5. The number of nitriles is 1. The van der Waals surface area contributed by atoms with Gasteiger partial charge in [-0.1, -0.05) is 84.6 Å². The van der Waals surface area contributed by atoms with Gasteiger partial charge in [0.1, 0.15) is 35.8 Å². The highest BCUT2D eigenvalue weighted by atomic mass is 32.9. The number of hydrogen-bond acceptors (Lipinski definition) is 13. The van der Waals surface area contributed by atoms with Crippen molar-refractivity contribution in [1.82, 2.24) is 19.5 Å². The molecule has 0 spiro atoms. The maximum atomic E-state index is 13.0. The standard InChI is InChI=1S/C41H39N6O7PS2/c1-49-32-18-14-30(15-19-32)41(29-12-7-4-8-13-29,31-16-20-33(50-2)21-17-31)51-25-35-34(54-55(56,57)52-23-9-22-42)24-36(53-35)47-27-45-37-38(43-26-44-39(37)47)46-40(48)28-10-5-3-6-11-28/h3-8,10-21,26-27,34-36H,9,23-25H2,1-2H3,(H,56,57)(H,43,44,46,48)/p-1/t34-,35+,36+/m0/s1. The van der Waals surface area contributed by atoms with Crippen molar-refractivity contribution >= 4 is 52.6 Å². The number of fused-ring (bicyclic) bond motifs is 1. The normalized spacial score (nSPS) is 17.8. The van der Waals surface area contributed by atoms with Crippen LogP contribution in [0, 0.1) is 11.3 Å². The van der Waals surface area contributed by atoms with Crippen LogP contribution in [0.2, 0.25) is 0 Å². The van der Waals surface area contributed by atoms with Crippen LogP contribution in [0.1, 0.15) is 46.1 Å². The van der Waals surface area contributed by atoms with Crippen LogP contribution in [0.25, 0.3) is 11.2 Å². The van der Waals surface area contributed by atoms with Crippen LogP contribution in [-0.2, 0) is 48.2 Å². The number of nitrogens with one attached hydrogen (secondary N) is 1. The molecule has 1 aliphatic heterocycles. The van der Waals surface area contributed by atoms with E-state index in [4.69, 9.17) is 57.3 Å². The van der Waals surface area contributed by atoms with Gasteiger partial charge in [-0.3, -0.25) is 9.36 Å². The fourth-order valence-corrected chi connectivity index (χ4v) is 8.78. The van der Waals surface area contributed by atoms with E-state index in [1.54, 1.807) is 49.4 Å². The Balaban J connectivity index is 1.25. The topological polar surface area (TPSA) is 152 Å². The minimum atomic E-state index is -3.27. The Kier molecular flexibility index (Phi) is 12.6. The molecule has 4 aromatic carbocycles. The lowest BCUT2D eigenvalue weighted by atomic mass is 9.80. The molecule has 3 heterocycles. The fraction of sp³-hybridized carbons (Fsp3) is 0.244. The zero-order chi connectivity index (χ0) is 39.8. The highest BCUT2D eigenvalue weighted by Crippen LogP contribution is 2.51. The third-order valence-electron chi connectivity index (χ3n) is 9.48. The van der Waals surface area contributed by atoms with E-state index in [1.165, 1.54) is 6.33 Å². The first-order valence-electron chi connectivity index (χ1n) is 17.9. The highest BCUT2D eigenvalue weighted by Gasteiger charge is 2.44. The largest absolute Gasteiger partial charge is 0.691 e. The van der Waals surface area contributed by atoms with Crippen molar-refractivity contribution < 1.29 is 32.8 Å². The quantitative estimate of drug-likeness (QED) is 0.0445. The van der Waals surface area contributed by atoms with Crippen molar-refractivity contribution in [3.63, 3.8) is 0 Å². The summed E-state index contributed by atoms with van der Waals surface area (Å²) in [6.07, 6.45) is 1.23. The summed E-state index contributed by atoms with van der Waals surface area (Å²) < 4.78 is 38.9. The Bertz CT molecular complexity index is 2330. The summed E-state index contributed by atoms with van der Waals surface area (Å²) in [4.78, 5) is 26.4. The molecular weight excluding hydrogens is 784 g/mol. The molecular formula is C41H38N6O7PS2-. The van der Waals surface area contributed by atoms with E-state index in [9.17, 15) is 4.79 Å². The zero-order valence-corrected chi connectivity index (χ0v) is 33.5. The molecule has 292 valence electrons. The maximum Gasteiger partial charge on any atom is 0.256 e. The smallest absolute Gasteiger partial charge is 0.256 e. The summed E-state index contributed by atoms with van der Waals surface area (Å²) in [6.45, 7) is 0.0546. The number of aromatic nitrogens is 4. The first-order chi connectivity index (χ1) is 27.7. The molecule has 1 aliphatic rings. The average Bonchev–Trinajstić information content (AvgIpc) is 3.86. The fourth-order valence-electron chi connectivity index (χ4n) is 6.74. The molecule has 0 saturated carbocycles. The minimum Gasteiger partial charge on any atom is -0.691 e. The Labute approximate surface area is 340 Å². The summed E-state index contributed by atoms with van der Waals surface area (Å²) >= 11 is 11.3. The molecule has 13 nitrogen and oxygen atoms in total. The second-order valence-corrected chi connectivity index (χ2v) is 17.8. The monoisotopic (exact) mass is 821 g/mol. The second kappa shape index (κ2) is 18.0. The van der Waals surface area contributed by atoms with Crippen LogP contribution in [0.15, 0.2) is 122 Å². The van der Waals surface area contributed by atoms with Gasteiger partial charge < -0.3 is 45.6 Å². The molecule has 0 bridgehead atoms. The number of methoxy groups -OCH3 is 2. The number of carbonyl (C=O) groups is 1. The van der Waals surface area contributed by atoms with Gasteiger partial charge in [0, 0.05) is 12.0 Å². The maximum absolute atomic E-state index is 13.0. The van der Waals surface area contributed by atoms with Crippen molar-refractivity contribution in [3.05, 3.63) is 144 Å². The summed E-state index contributed by atoms with van der Waals surface area (Å²) in [6, 6.07) is 36.2. The van der Waals surface area contributed by atoms with Crippen LogP contribution < -0.4 is 14.8 Å². The van der Waals surface area contributed by atoms with E-state index in [0.717, 1.165) is 16.7 Å². The zero-order valence-electron chi connectivity index (χ0n) is 31.0. The van der Waals surface area contributed by atoms with Gasteiger partial charge in [-0.2, -0.15) is 5.26 Å². The molecule has 0 radical (unpaired) electrons. The molecule has 1 fully saturated rings. The van der Waals surface area contributed by atoms with Gasteiger partial charge in [-0.25, -0.2) is 15.0 Å². The lowest BCUT2D eigenvalue weighted by Crippen LogP contribution is -2.38. The van der Waals surface area contributed by atoms with Crippen LogP contribution in [0.4, 0.5) is 5.82 Å². The van der Waals surface area contributed by atoms with E-state index in [-0.39, 0.29) is 37.8 Å². The molecule has 57 heavy (non-hydrogen) atoms. The molecule has 6 aromatic rings. The number of imidazole rings is 1. The molecule has 1 amide bonds. The van der Waals surface area contributed by atoms with E-state index < -0.39 is 29.7 Å². The number of benzene rings is 4. The average molecular weight is 822 g/mol. The molecule has 4 atom stereocenters. The summed E-state index contributed by atoms with van der Waals surface area (Å²) in [5.41, 5.74) is -0.609. The molecule has 1 unspecified atom stereocenters. The van der Waals surface area contributed by atoms with Crippen molar-refractivity contribution in [1.29, 1.82) is 5.26 Å². The van der Waals surface area contributed by atoms with Gasteiger partial charge in [0.05, 0.1) is 58.0 Å². The van der Waals surface area contributed by atoms with Crippen LogP contribution in [0.3, 0.4) is 0 Å². The lowest BCUT2D eigenvalue weighted by molar-refractivity contribution is -0.0900. The van der Waals surface area contributed by atoms with Crippen molar-refractivity contribution in [2.45, 2.75) is 36.9 Å². The van der Waals surface area contributed by atoms with Crippen molar-refractivity contribution in [3.8, 4) is 17.6 Å². The molecule has 2 aromatic heterocycles. The summed E-state index contributed by atoms with van der Waals surface area (Å²) in [7, 11) is 3.24. The highest BCUT2D eigenvalue weighted by molar-refractivity contribution is 8.51. The Morgan fingerprint density at radius 2 is 1.54 bits per heavy atom.